The molecule has 1 N–H and O–H groups in total. The van der Waals surface area contributed by atoms with Crippen molar-refractivity contribution in [2.75, 3.05) is 10.6 Å². The van der Waals surface area contributed by atoms with Crippen molar-refractivity contribution >= 4 is 27.7 Å². The zero-order valence-corrected chi connectivity index (χ0v) is 8.04. The van der Waals surface area contributed by atoms with Crippen LogP contribution in [0.15, 0.2) is 24.4 Å². The summed E-state index contributed by atoms with van der Waals surface area (Å²) in [6, 6.07) is 5.39. The quantitative estimate of drug-likeness (QED) is 0.803. The van der Waals surface area contributed by atoms with Crippen molar-refractivity contribution in [3.05, 3.63) is 24.4 Å². The second-order valence-corrected chi connectivity index (χ2v) is 3.00. The lowest BCUT2D eigenvalue weighted by Crippen LogP contribution is -2.12. The number of hydrogen-bond acceptors (Lipinski definition) is 2. The molecule has 0 aromatic carbocycles. The average Bonchev–Trinajstić information content (AvgIpc) is 2.06. The van der Waals surface area contributed by atoms with Gasteiger partial charge in [-0.1, -0.05) is 22.0 Å². The second-order valence-electron chi connectivity index (χ2n) is 2.20. The molecule has 0 unspecified atom stereocenters. The Kier molecular flexibility index (Phi) is 3.73. The van der Waals surface area contributed by atoms with Crippen molar-refractivity contribution < 1.29 is 4.79 Å². The van der Waals surface area contributed by atoms with E-state index in [1.807, 2.05) is 6.07 Å². The summed E-state index contributed by atoms with van der Waals surface area (Å²) in [5.41, 5.74) is 0. The van der Waals surface area contributed by atoms with Crippen LogP contribution in [0.4, 0.5) is 5.82 Å². The van der Waals surface area contributed by atoms with Gasteiger partial charge in [-0.3, -0.25) is 4.79 Å². The molecule has 0 aliphatic rings. The maximum Gasteiger partial charge on any atom is 0.226 e. The van der Waals surface area contributed by atoms with Gasteiger partial charge >= 0.3 is 0 Å². The molecule has 1 aromatic rings. The molecule has 0 radical (unpaired) electrons. The first-order chi connectivity index (χ1) is 5.83. The fraction of sp³-hybridized carbons (Fsp3) is 0.250. The molecule has 0 saturated carbocycles. The van der Waals surface area contributed by atoms with Crippen LogP contribution in [0, 0.1) is 0 Å². The van der Waals surface area contributed by atoms with E-state index in [-0.39, 0.29) is 5.91 Å². The third kappa shape index (κ3) is 3.00. The van der Waals surface area contributed by atoms with Crippen molar-refractivity contribution in [1.29, 1.82) is 0 Å². The number of anilines is 1. The van der Waals surface area contributed by atoms with E-state index >= 15 is 0 Å². The molecule has 1 amide bonds. The Balaban J connectivity index is 2.47. The molecule has 0 bridgehead atoms. The Bertz CT molecular complexity index is 250. The molecule has 0 aliphatic heterocycles. The summed E-state index contributed by atoms with van der Waals surface area (Å²) in [4.78, 5) is 15.0. The molecule has 0 atom stereocenters. The highest BCUT2D eigenvalue weighted by Gasteiger charge is 1.99. The van der Waals surface area contributed by atoms with Gasteiger partial charge in [-0.2, -0.15) is 0 Å². The highest BCUT2D eigenvalue weighted by molar-refractivity contribution is 9.09. The Morgan fingerprint density at radius 2 is 2.42 bits per heavy atom. The van der Waals surface area contributed by atoms with Crippen LogP contribution in [0.3, 0.4) is 0 Å². The third-order valence-electron chi connectivity index (χ3n) is 1.25. The number of nitrogens with one attached hydrogen (secondary N) is 1. The normalized spacial score (nSPS) is 9.42. The van der Waals surface area contributed by atoms with Gasteiger partial charge in [0.25, 0.3) is 0 Å². The Labute approximate surface area is 79.3 Å². The Morgan fingerprint density at radius 1 is 1.58 bits per heavy atom. The number of pyridine rings is 1. The van der Waals surface area contributed by atoms with Gasteiger partial charge in [0.2, 0.25) is 5.91 Å². The van der Waals surface area contributed by atoms with E-state index in [2.05, 4.69) is 26.2 Å². The van der Waals surface area contributed by atoms with Crippen LogP contribution in [-0.4, -0.2) is 16.2 Å². The summed E-state index contributed by atoms with van der Waals surface area (Å²) < 4.78 is 0. The second kappa shape index (κ2) is 4.87. The average molecular weight is 229 g/mol. The van der Waals surface area contributed by atoms with Crippen molar-refractivity contribution in [1.82, 2.24) is 4.98 Å². The van der Waals surface area contributed by atoms with Crippen molar-refractivity contribution in [3.8, 4) is 0 Å². The molecule has 4 heteroatoms. The van der Waals surface area contributed by atoms with E-state index < -0.39 is 0 Å². The molecular weight excluding hydrogens is 220 g/mol. The largest absolute Gasteiger partial charge is 0.311 e. The van der Waals surface area contributed by atoms with Gasteiger partial charge in [0.1, 0.15) is 5.82 Å². The van der Waals surface area contributed by atoms with Gasteiger partial charge in [0.05, 0.1) is 0 Å². The first kappa shape index (κ1) is 9.19. The van der Waals surface area contributed by atoms with Gasteiger partial charge < -0.3 is 5.32 Å². The molecule has 12 heavy (non-hydrogen) atoms. The van der Waals surface area contributed by atoms with Gasteiger partial charge in [-0.25, -0.2) is 4.98 Å². The fourth-order valence-electron chi connectivity index (χ4n) is 0.728. The number of carbonyl (C=O) groups is 1. The van der Waals surface area contributed by atoms with Gasteiger partial charge in [0, 0.05) is 17.9 Å². The van der Waals surface area contributed by atoms with E-state index in [0.717, 1.165) is 0 Å². The van der Waals surface area contributed by atoms with Crippen molar-refractivity contribution in [3.63, 3.8) is 0 Å². The lowest BCUT2D eigenvalue weighted by atomic mass is 10.4. The standard InChI is InChI=1S/C8H9BrN2O/c9-5-4-8(12)11-7-3-1-2-6-10-7/h1-3,6H,4-5H2,(H,10,11,12). The van der Waals surface area contributed by atoms with Crippen LogP contribution in [0.2, 0.25) is 0 Å². The molecule has 0 saturated heterocycles. The predicted octanol–water partition coefficient (Wildman–Crippen LogP) is 1.81. The van der Waals surface area contributed by atoms with E-state index in [4.69, 9.17) is 0 Å². The first-order valence-corrected chi connectivity index (χ1v) is 4.72. The van der Waals surface area contributed by atoms with E-state index in [1.165, 1.54) is 0 Å². The van der Waals surface area contributed by atoms with E-state index in [1.54, 1.807) is 18.3 Å². The summed E-state index contributed by atoms with van der Waals surface area (Å²) in [6.45, 7) is 0. The van der Waals surface area contributed by atoms with Crippen LogP contribution >= 0.6 is 15.9 Å². The minimum atomic E-state index is -0.0226. The number of alkyl halides is 1. The van der Waals surface area contributed by atoms with Crippen LogP contribution in [0.25, 0.3) is 0 Å². The molecule has 1 rings (SSSR count). The van der Waals surface area contributed by atoms with Crippen LogP contribution < -0.4 is 5.32 Å². The minimum absolute atomic E-state index is 0.0226. The molecule has 0 fully saturated rings. The number of amides is 1. The first-order valence-electron chi connectivity index (χ1n) is 3.60. The zero-order chi connectivity index (χ0) is 8.81. The SMILES string of the molecule is O=C(CCBr)Nc1ccccn1. The smallest absolute Gasteiger partial charge is 0.226 e. The summed E-state index contributed by atoms with van der Waals surface area (Å²) in [5.74, 6) is 0.578. The Morgan fingerprint density at radius 3 is 3.00 bits per heavy atom. The highest BCUT2D eigenvalue weighted by Crippen LogP contribution is 2.00. The van der Waals surface area contributed by atoms with Crippen LogP contribution in [0.1, 0.15) is 6.42 Å². The number of hydrogen-bond donors (Lipinski definition) is 1. The lowest BCUT2D eigenvalue weighted by Gasteiger charge is -2.00. The van der Waals surface area contributed by atoms with Crippen LogP contribution in [-0.2, 0) is 4.79 Å². The molecular formula is C8H9BrN2O. The molecule has 1 aromatic heterocycles. The monoisotopic (exact) mass is 228 g/mol. The van der Waals surface area contributed by atoms with Crippen molar-refractivity contribution in [2.24, 2.45) is 0 Å². The summed E-state index contributed by atoms with van der Waals surface area (Å²) in [6.07, 6.45) is 2.11. The maximum absolute atomic E-state index is 11.0. The maximum atomic E-state index is 11.0. The number of nitrogens with zero attached hydrogens (tertiary/aromatic N) is 1. The summed E-state index contributed by atoms with van der Waals surface area (Å²) >= 11 is 3.18. The molecule has 0 spiro atoms. The highest BCUT2D eigenvalue weighted by atomic mass is 79.9. The number of aromatic nitrogens is 1. The fourth-order valence-corrected chi connectivity index (χ4v) is 1.09. The summed E-state index contributed by atoms with van der Waals surface area (Å²) in [7, 11) is 0. The molecule has 0 aliphatic carbocycles. The number of halogens is 1. The van der Waals surface area contributed by atoms with Gasteiger partial charge in [0.15, 0.2) is 0 Å². The van der Waals surface area contributed by atoms with Crippen molar-refractivity contribution in [2.45, 2.75) is 6.42 Å². The van der Waals surface area contributed by atoms with E-state index in [9.17, 15) is 4.79 Å². The zero-order valence-electron chi connectivity index (χ0n) is 6.46. The summed E-state index contributed by atoms with van der Waals surface area (Å²) in [5, 5.41) is 3.34. The predicted molar refractivity (Wildman–Crippen MR) is 51.3 cm³/mol. The molecule has 1 heterocycles. The topological polar surface area (TPSA) is 42.0 Å². The number of carbonyl (C=O) groups excluding carboxylic acids is 1. The molecule has 3 nitrogen and oxygen atoms in total. The molecule has 64 valence electrons. The lowest BCUT2D eigenvalue weighted by molar-refractivity contribution is -0.115. The van der Waals surface area contributed by atoms with Crippen LogP contribution in [0.5, 0.6) is 0 Å². The minimum Gasteiger partial charge on any atom is -0.311 e. The number of rotatable bonds is 3. The van der Waals surface area contributed by atoms with Gasteiger partial charge in [-0.05, 0) is 12.1 Å². The Hall–Kier alpha value is -0.900. The van der Waals surface area contributed by atoms with Gasteiger partial charge in [-0.15, -0.1) is 0 Å². The third-order valence-corrected chi connectivity index (χ3v) is 1.65. The van der Waals surface area contributed by atoms with E-state index in [0.29, 0.717) is 17.6 Å².